The monoisotopic (exact) mass is 312 g/mol. The quantitative estimate of drug-likeness (QED) is 0.847. The summed E-state index contributed by atoms with van der Waals surface area (Å²) in [6, 6.07) is 0. The fourth-order valence-electron chi connectivity index (χ4n) is 0.753. The number of aromatic amines is 1. The molecule has 0 saturated heterocycles. The van der Waals surface area contributed by atoms with E-state index >= 15 is 0 Å². The van der Waals surface area contributed by atoms with Crippen LogP contribution in [0.4, 0.5) is 0 Å². The molecular weight excluding hydrogens is 304 g/mol. The van der Waals surface area contributed by atoms with Crippen LogP contribution in [0.2, 0.25) is 0 Å². The van der Waals surface area contributed by atoms with Crippen molar-refractivity contribution in [3.8, 4) is 0 Å². The van der Waals surface area contributed by atoms with E-state index in [1.807, 2.05) is 0 Å². The number of nitrogens with zero attached hydrogens (tertiary/aromatic N) is 1. The van der Waals surface area contributed by atoms with Gasteiger partial charge in [-0.1, -0.05) is 0 Å². The van der Waals surface area contributed by atoms with Crippen LogP contribution < -0.4 is 0 Å². The van der Waals surface area contributed by atoms with Gasteiger partial charge in [0.2, 0.25) is 0 Å². The van der Waals surface area contributed by atoms with E-state index in [2.05, 4.69) is 41.8 Å². The summed E-state index contributed by atoms with van der Waals surface area (Å²) in [6.45, 7) is 1.64. The van der Waals surface area contributed by atoms with Crippen LogP contribution in [0, 0.1) is 0 Å². The molecule has 0 aliphatic heterocycles. The van der Waals surface area contributed by atoms with Crippen molar-refractivity contribution in [3.63, 3.8) is 0 Å². The number of hydrogen-bond donors (Lipinski definition) is 1. The minimum atomic E-state index is 0.466. The minimum Gasteiger partial charge on any atom is -0.382 e. The molecule has 0 saturated carbocycles. The minimum absolute atomic E-state index is 0.466. The van der Waals surface area contributed by atoms with Gasteiger partial charge in [0.1, 0.15) is 21.6 Å². The van der Waals surface area contributed by atoms with Crippen LogP contribution in [-0.2, 0) is 16.1 Å². The predicted molar refractivity (Wildman–Crippen MR) is 55.5 cm³/mol. The molecule has 1 aromatic heterocycles. The van der Waals surface area contributed by atoms with Gasteiger partial charge in [-0.3, -0.25) is 0 Å². The Morgan fingerprint density at radius 2 is 2.15 bits per heavy atom. The molecule has 0 bridgehead atoms. The Morgan fingerprint density at radius 3 is 2.69 bits per heavy atom. The Bertz CT molecular complexity index is 245. The SMILES string of the molecule is COCCOCc1nc(Br)c(Br)[nH]1. The second-order valence-corrected chi connectivity index (χ2v) is 3.88. The Hall–Kier alpha value is 0.0900. The molecule has 1 N–H and O–H groups in total. The molecule has 0 aromatic carbocycles. The van der Waals surface area contributed by atoms with E-state index in [1.54, 1.807) is 7.11 Å². The van der Waals surface area contributed by atoms with Crippen molar-refractivity contribution in [3.05, 3.63) is 15.0 Å². The number of methoxy groups -OCH3 is 1. The first kappa shape index (κ1) is 11.2. The third-order valence-corrected chi connectivity index (χ3v) is 3.02. The summed E-state index contributed by atoms with van der Waals surface area (Å²) in [6.07, 6.45) is 0. The van der Waals surface area contributed by atoms with Gasteiger partial charge in [0, 0.05) is 7.11 Å². The molecule has 6 heteroatoms. The van der Waals surface area contributed by atoms with Crippen molar-refractivity contribution in [2.75, 3.05) is 20.3 Å². The summed E-state index contributed by atoms with van der Waals surface area (Å²) in [5, 5.41) is 0. The van der Waals surface area contributed by atoms with Crippen LogP contribution in [0.25, 0.3) is 0 Å². The van der Waals surface area contributed by atoms with Crippen molar-refractivity contribution in [2.24, 2.45) is 0 Å². The van der Waals surface area contributed by atoms with Crippen molar-refractivity contribution >= 4 is 31.9 Å². The van der Waals surface area contributed by atoms with E-state index in [9.17, 15) is 0 Å². The van der Waals surface area contributed by atoms with Crippen molar-refractivity contribution < 1.29 is 9.47 Å². The number of hydrogen-bond acceptors (Lipinski definition) is 3. The van der Waals surface area contributed by atoms with Crippen molar-refractivity contribution in [2.45, 2.75) is 6.61 Å². The lowest BCUT2D eigenvalue weighted by atomic mass is 10.6. The molecular formula is C7H10Br2N2O2. The first-order valence-electron chi connectivity index (χ1n) is 3.70. The van der Waals surface area contributed by atoms with Gasteiger partial charge >= 0.3 is 0 Å². The predicted octanol–water partition coefficient (Wildman–Crippen LogP) is 2.10. The Kier molecular flexibility index (Phi) is 4.93. The van der Waals surface area contributed by atoms with Crippen molar-refractivity contribution in [1.29, 1.82) is 0 Å². The second kappa shape index (κ2) is 5.74. The van der Waals surface area contributed by atoms with Crippen molar-refractivity contribution in [1.82, 2.24) is 9.97 Å². The maximum atomic E-state index is 5.27. The molecule has 0 aliphatic carbocycles. The van der Waals surface area contributed by atoms with E-state index in [0.29, 0.717) is 19.8 Å². The zero-order valence-electron chi connectivity index (χ0n) is 7.14. The van der Waals surface area contributed by atoms with E-state index in [0.717, 1.165) is 15.0 Å². The average molecular weight is 314 g/mol. The third kappa shape index (κ3) is 3.76. The number of imidazole rings is 1. The normalized spacial score (nSPS) is 10.7. The van der Waals surface area contributed by atoms with Crippen LogP contribution in [0.5, 0.6) is 0 Å². The molecule has 1 aromatic rings. The molecule has 0 unspecified atom stereocenters. The first-order chi connectivity index (χ1) is 6.24. The molecule has 13 heavy (non-hydrogen) atoms. The Balaban J connectivity index is 2.29. The number of ether oxygens (including phenoxy) is 2. The summed E-state index contributed by atoms with van der Waals surface area (Å²) in [5.41, 5.74) is 0. The van der Waals surface area contributed by atoms with Gasteiger partial charge in [-0.15, -0.1) is 0 Å². The Morgan fingerprint density at radius 1 is 1.38 bits per heavy atom. The number of halogens is 2. The fourth-order valence-corrected chi connectivity index (χ4v) is 1.38. The molecule has 1 rings (SSSR count). The summed E-state index contributed by atoms with van der Waals surface area (Å²) in [4.78, 5) is 7.17. The zero-order chi connectivity index (χ0) is 9.68. The summed E-state index contributed by atoms with van der Waals surface area (Å²) in [5.74, 6) is 0.787. The topological polar surface area (TPSA) is 47.1 Å². The Labute approximate surface area is 93.3 Å². The van der Waals surface area contributed by atoms with Crippen LogP contribution in [0.3, 0.4) is 0 Å². The molecule has 0 fully saturated rings. The lowest BCUT2D eigenvalue weighted by molar-refractivity contribution is 0.0588. The highest BCUT2D eigenvalue weighted by molar-refractivity contribution is 9.13. The first-order valence-corrected chi connectivity index (χ1v) is 5.29. The highest BCUT2D eigenvalue weighted by atomic mass is 79.9. The molecule has 0 atom stereocenters. The number of nitrogens with one attached hydrogen (secondary N) is 1. The molecule has 0 amide bonds. The van der Waals surface area contributed by atoms with E-state index in [4.69, 9.17) is 9.47 Å². The maximum absolute atomic E-state index is 5.27. The van der Waals surface area contributed by atoms with Gasteiger partial charge in [-0.2, -0.15) is 0 Å². The molecule has 0 aliphatic rings. The van der Waals surface area contributed by atoms with Crippen LogP contribution in [0.15, 0.2) is 9.21 Å². The fraction of sp³-hybridized carbons (Fsp3) is 0.571. The summed E-state index contributed by atoms with van der Waals surface area (Å²) < 4.78 is 11.7. The zero-order valence-corrected chi connectivity index (χ0v) is 10.3. The van der Waals surface area contributed by atoms with Gasteiger partial charge in [0.25, 0.3) is 0 Å². The maximum Gasteiger partial charge on any atom is 0.138 e. The van der Waals surface area contributed by atoms with Crippen LogP contribution in [0.1, 0.15) is 5.82 Å². The average Bonchev–Trinajstić information content (AvgIpc) is 2.41. The van der Waals surface area contributed by atoms with Gasteiger partial charge in [-0.05, 0) is 31.9 Å². The highest BCUT2D eigenvalue weighted by Gasteiger charge is 2.03. The molecule has 0 spiro atoms. The lowest BCUT2D eigenvalue weighted by Crippen LogP contribution is -2.02. The second-order valence-electron chi connectivity index (χ2n) is 2.33. The third-order valence-electron chi connectivity index (χ3n) is 1.34. The van der Waals surface area contributed by atoms with Gasteiger partial charge < -0.3 is 14.5 Å². The highest BCUT2D eigenvalue weighted by Crippen LogP contribution is 2.19. The van der Waals surface area contributed by atoms with E-state index in [-0.39, 0.29) is 0 Å². The number of H-pyrrole nitrogens is 1. The van der Waals surface area contributed by atoms with Crippen LogP contribution >= 0.6 is 31.9 Å². The van der Waals surface area contributed by atoms with Gasteiger partial charge in [0.05, 0.1) is 13.2 Å². The van der Waals surface area contributed by atoms with E-state index in [1.165, 1.54) is 0 Å². The summed E-state index contributed by atoms with van der Waals surface area (Å²) >= 11 is 6.56. The molecule has 0 radical (unpaired) electrons. The smallest absolute Gasteiger partial charge is 0.138 e. The van der Waals surface area contributed by atoms with E-state index < -0.39 is 0 Å². The summed E-state index contributed by atoms with van der Waals surface area (Å²) in [7, 11) is 1.64. The van der Waals surface area contributed by atoms with Gasteiger partial charge in [-0.25, -0.2) is 4.98 Å². The molecule has 4 nitrogen and oxygen atoms in total. The standard InChI is InChI=1S/C7H10Br2N2O2/c1-12-2-3-13-4-5-10-6(8)7(9)11-5/h2-4H2,1H3,(H,10,11). The molecule has 74 valence electrons. The largest absolute Gasteiger partial charge is 0.382 e. The van der Waals surface area contributed by atoms with Gasteiger partial charge in [0.15, 0.2) is 0 Å². The van der Waals surface area contributed by atoms with Crippen LogP contribution in [-0.4, -0.2) is 30.3 Å². The molecule has 1 heterocycles. The lowest BCUT2D eigenvalue weighted by Gasteiger charge is -1.99. The number of rotatable bonds is 5. The number of aromatic nitrogens is 2.